The van der Waals surface area contributed by atoms with E-state index in [9.17, 15) is 4.79 Å². The molecule has 2 aromatic carbocycles. The quantitative estimate of drug-likeness (QED) is 0.509. The average Bonchev–Trinajstić information content (AvgIpc) is 3.15. The van der Waals surface area contributed by atoms with Crippen molar-refractivity contribution in [2.24, 2.45) is 4.99 Å². The normalized spacial score (nSPS) is 10.9. The molecular weight excluding hydrogens is 328 g/mol. The lowest BCUT2D eigenvalue weighted by molar-refractivity contribution is 0.0600. The van der Waals surface area contributed by atoms with Crippen molar-refractivity contribution in [1.82, 2.24) is 4.57 Å². The van der Waals surface area contributed by atoms with Crippen molar-refractivity contribution < 1.29 is 14.3 Å². The fourth-order valence-corrected chi connectivity index (χ4v) is 2.66. The zero-order valence-electron chi connectivity index (χ0n) is 15.0. The maximum Gasteiger partial charge on any atom is 0.337 e. The molecule has 0 fully saturated rings. The number of hydrogen-bond donors (Lipinski definition) is 0. The maximum absolute atomic E-state index is 11.6. The van der Waals surface area contributed by atoms with Gasteiger partial charge < -0.3 is 14.0 Å². The second kappa shape index (κ2) is 7.70. The molecule has 5 nitrogen and oxygen atoms in total. The lowest BCUT2D eigenvalue weighted by Crippen LogP contribution is -2.01. The van der Waals surface area contributed by atoms with Gasteiger partial charge >= 0.3 is 5.97 Å². The minimum atomic E-state index is -0.350. The summed E-state index contributed by atoms with van der Waals surface area (Å²) in [6.45, 7) is 1.92. The Kier molecular flexibility index (Phi) is 5.17. The van der Waals surface area contributed by atoms with Crippen LogP contribution in [0, 0.1) is 6.92 Å². The molecule has 0 radical (unpaired) electrons. The van der Waals surface area contributed by atoms with Crippen molar-refractivity contribution in [2.75, 3.05) is 14.2 Å². The molecule has 1 aromatic heterocycles. The highest BCUT2D eigenvalue weighted by Gasteiger charge is 2.07. The first-order chi connectivity index (χ1) is 12.6. The maximum atomic E-state index is 11.6. The van der Waals surface area contributed by atoms with Crippen LogP contribution in [-0.2, 0) is 4.74 Å². The van der Waals surface area contributed by atoms with E-state index in [-0.39, 0.29) is 5.97 Å². The third-order valence-corrected chi connectivity index (χ3v) is 4.08. The fourth-order valence-electron chi connectivity index (χ4n) is 2.66. The molecule has 0 saturated carbocycles. The number of benzene rings is 2. The highest BCUT2D eigenvalue weighted by atomic mass is 16.5. The van der Waals surface area contributed by atoms with E-state index in [2.05, 4.69) is 4.99 Å². The minimum absolute atomic E-state index is 0.350. The van der Waals surface area contributed by atoms with E-state index in [0.717, 1.165) is 28.4 Å². The van der Waals surface area contributed by atoms with Gasteiger partial charge in [-0.15, -0.1) is 0 Å². The van der Waals surface area contributed by atoms with Crippen molar-refractivity contribution in [3.63, 3.8) is 0 Å². The van der Waals surface area contributed by atoms with Gasteiger partial charge in [-0.1, -0.05) is 0 Å². The van der Waals surface area contributed by atoms with Crippen LogP contribution in [0.1, 0.15) is 21.6 Å². The van der Waals surface area contributed by atoms with E-state index >= 15 is 0 Å². The number of rotatable bonds is 5. The summed E-state index contributed by atoms with van der Waals surface area (Å²) in [4.78, 5) is 16.2. The fraction of sp³-hybridized carbons (Fsp3) is 0.143. The van der Waals surface area contributed by atoms with Crippen molar-refractivity contribution >= 4 is 17.9 Å². The number of hydrogen-bond acceptors (Lipinski definition) is 4. The summed E-state index contributed by atoms with van der Waals surface area (Å²) in [5, 5.41) is 0. The number of esters is 1. The van der Waals surface area contributed by atoms with Crippen LogP contribution in [0.4, 0.5) is 5.69 Å². The predicted octanol–water partition coefficient (Wildman–Crippen LogP) is 4.33. The van der Waals surface area contributed by atoms with E-state index < -0.39 is 0 Å². The second-order valence-electron chi connectivity index (χ2n) is 5.75. The van der Waals surface area contributed by atoms with Gasteiger partial charge in [0.05, 0.1) is 37.4 Å². The molecule has 26 heavy (non-hydrogen) atoms. The van der Waals surface area contributed by atoms with Gasteiger partial charge in [-0.2, -0.15) is 0 Å². The molecule has 0 amide bonds. The molecule has 5 heteroatoms. The number of carbonyl (C=O) groups is 1. The zero-order chi connectivity index (χ0) is 18.5. The van der Waals surface area contributed by atoms with E-state index in [1.165, 1.54) is 7.11 Å². The van der Waals surface area contributed by atoms with Crippen LogP contribution >= 0.6 is 0 Å². The van der Waals surface area contributed by atoms with Crippen LogP contribution in [0.25, 0.3) is 5.69 Å². The molecule has 0 atom stereocenters. The van der Waals surface area contributed by atoms with Crippen molar-refractivity contribution in [3.05, 3.63) is 77.6 Å². The summed E-state index contributed by atoms with van der Waals surface area (Å²) in [6.07, 6.45) is 3.79. The second-order valence-corrected chi connectivity index (χ2v) is 5.75. The molecule has 3 aromatic rings. The number of carbonyl (C=O) groups excluding carboxylic acids is 1. The van der Waals surface area contributed by atoms with Gasteiger partial charge in [0, 0.05) is 11.9 Å². The molecule has 0 aliphatic carbocycles. The molecule has 0 N–H and O–H groups in total. The molecule has 132 valence electrons. The topological polar surface area (TPSA) is 52.8 Å². The van der Waals surface area contributed by atoms with Crippen LogP contribution in [0.2, 0.25) is 0 Å². The monoisotopic (exact) mass is 348 g/mol. The Hall–Kier alpha value is -3.34. The van der Waals surface area contributed by atoms with Gasteiger partial charge in [0.25, 0.3) is 0 Å². The van der Waals surface area contributed by atoms with Crippen molar-refractivity contribution in [1.29, 1.82) is 0 Å². The smallest absolute Gasteiger partial charge is 0.337 e. The number of nitrogens with zero attached hydrogens (tertiary/aromatic N) is 2. The highest BCUT2D eigenvalue weighted by molar-refractivity contribution is 5.90. The van der Waals surface area contributed by atoms with Crippen LogP contribution in [0.5, 0.6) is 5.75 Å². The lowest BCUT2D eigenvalue weighted by Gasteiger charge is -2.08. The van der Waals surface area contributed by atoms with Crippen LogP contribution in [-0.4, -0.2) is 31.0 Å². The molecule has 3 rings (SSSR count). The van der Waals surface area contributed by atoms with Gasteiger partial charge in [-0.3, -0.25) is 4.99 Å². The number of ether oxygens (including phenoxy) is 2. The Balaban J connectivity index is 1.86. The molecule has 0 aliphatic rings. The average molecular weight is 348 g/mol. The summed E-state index contributed by atoms with van der Waals surface area (Å²) < 4.78 is 12.0. The van der Waals surface area contributed by atoms with E-state index in [1.54, 1.807) is 19.2 Å². The van der Waals surface area contributed by atoms with E-state index in [0.29, 0.717) is 5.56 Å². The van der Waals surface area contributed by atoms with E-state index in [4.69, 9.17) is 9.47 Å². The molecule has 0 saturated heterocycles. The van der Waals surface area contributed by atoms with Crippen LogP contribution < -0.4 is 4.74 Å². The highest BCUT2D eigenvalue weighted by Crippen LogP contribution is 2.21. The Morgan fingerprint density at radius 1 is 1.08 bits per heavy atom. The predicted molar refractivity (Wildman–Crippen MR) is 102 cm³/mol. The van der Waals surface area contributed by atoms with Crippen LogP contribution in [0.15, 0.2) is 65.8 Å². The van der Waals surface area contributed by atoms with Crippen molar-refractivity contribution in [2.45, 2.75) is 6.92 Å². The van der Waals surface area contributed by atoms with Gasteiger partial charge in [0.2, 0.25) is 0 Å². The number of aliphatic imine (C=N–C) groups is 1. The Morgan fingerprint density at radius 2 is 1.85 bits per heavy atom. The Labute approximate surface area is 152 Å². The molecule has 0 aliphatic heterocycles. The SMILES string of the molecule is COC(=O)c1ccc(N=Cc2cccn2-c2ccc(OC)cc2)c(C)c1. The first kappa shape index (κ1) is 17.5. The third kappa shape index (κ3) is 3.67. The number of methoxy groups -OCH3 is 2. The van der Waals surface area contributed by atoms with Crippen molar-refractivity contribution in [3.8, 4) is 11.4 Å². The Bertz CT molecular complexity index is 940. The third-order valence-electron chi connectivity index (χ3n) is 4.08. The van der Waals surface area contributed by atoms with Gasteiger partial charge in [-0.05, 0) is 67.1 Å². The summed E-state index contributed by atoms with van der Waals surface area (Å²) in [5.41, 5.74) is 4.21. The summed E-state index contributed by atoms with van der Waals surface area (Å²) in [6, 6.07) is 17.1. The van der Waals surface area contributed by atoms with Gasteiger partial charge in [0.1, 0.15) is 5.75 Å². The van der Waals surface area contributed by atoms with E-state index in [1.807, 2.05) is 66.4 Å². The molecule has 0 spiro atoms. The van der Waals surface area contributed by atoms with Gasteiger partial charge in [0.15, 0.2) is 0 Å². The van der Waals surface area contributed by atoms with Crippen LogP contribution in [0.3, 0.4) is 0 Å². The molecular formula is C21H20N2O3. The zero-order valence-corrected chi connectivity index (χ0v) is 15.0. The molecule has 0 bridgehead atoms. The summed E-state index contributed by atoms with van der Waals surface area (Å²) >= 11 is 0. The first-order valence-electron chi connectivity index (χ1n) is 8.17. The first-order valence-corrected chi connectivity index (χ1v) is 8.17. The molecule has 1 heterocycles. The number of aromatic nitrogens is 1. The Morgan fingerprint density at radius 3 is 2.50 bits per heavy atom. The summed E-state index contributed by atoms with van der Waals surface area (Å²) in [5.74, 6) is 0.467. The number of aryl methyl sites for hydroxylation is 1. The van der Waals surface area contributed by atoms with Gasteiger partial charge in [-0.25, -0.2) is 4.79 Å². The largest absolute Gasteiger partial charge is 0.497 e. The lowest BCUT2D eigenvalue weighted by atomic mass is 10.1. The summed E-state index contributed by atoms with van der Waals surface area (Å²) in [7, 11) is 3.02. The standard InChI is InChI=1S/C21H20N2O3/c1-15-13-16(21(24)26-3)6-11-20(15)22-14-18-5-4-12-23(18)17-7-9-19(25-2)10-8-17/h4-14H,1-3H3. The molecule has 0 unspecified atom stereocenters. The minimum Gasteiger partial charge on any atom is -0.497 e.